The normalized spacial score (nSPS) is 17.6. The monoisotopic (exact) mass is 263 g/mol. The van der Waals surface area contributed by atoms with E-state index < -0.39 is 6.10 Å². The Kier molecular flexibility index (Phi) is 5.23. The fourth-order valence-electron chi connectivity index (χ4n) is 2.60. The highest BCUT2D eigenvalue weighted by atomic mass is 16.5. The molecule has 1 fully saturated rings. The highest BCUT2D eigenvalue weighted by Gasteiger charge is 2.16. The molecule has 0 saturated heterocycles. The van der Waals surface area contributed by atoms with Gasteiger partial charge in [-0.25, -0.2) is 0 Å². The first-order chi connectivity index (χ1) is 9.15. The third-order valence-corrected chi connectivity index (χ3v) is 3.74. The van der Waals surface area contributed by atoms with Crippen LogP contribution in [-0.2, 0) is 4.74 Å². The van der Waals surface area contributed by atoms with Crippen molar-refractivity contribution in [2.24, 2.45) is 0 Å². The molecule has 19 heavy (non-hydrogen) atoms. The maximum absolute atomic E-state index is 9.93. The molecule has 2 N–H and O–H groups in total. The van der Waals surface area contributed by atoms with Gasteiger partial charge in [0.1, 0.15) is 0 Å². The lowest BCUT2D eigenvalue weighted by molar-refractivity contribution is -0.00117. The van der Waals surface area contributed by atoms with E-state index in [1.165, 1.54) is 24.0 Å². The van der Waals surface area contributed by atoms with Crippen LogP contribution in [0.3, 0.4) is 0 Å². The van der Waals surface area contributed by atoms with E-state index in [0.29, 0.717) is 19.3 Å². The molecule has 1 aliphatic rings. The number of aliphatic hydroxyl groups is 1. The van der Waals surface area contributed by atoms with Crippen molar-refractivity contribution in [3.05, 3.63) is 29.3 Å². The number of ether oxygens (including phenoxy) is 1. The van der Waals surface area contributed by atoms with Gasteiger partial charge in [0.05, 0.1) is 18.8 Å². The standard InChI is InChI=1S/C16H25NO2/c1-12-7-8-16(13(2)9-12)17-10-14(18)11-19-15-5-3-4-6-15/h7-9,14-15,17-18H,3-6,10-11H2,1-2H3. The topological polar surface area (TPSA) is 41.5 Å². The summed E-state index contributed by atoms with van der Waals surface area (Å²) in [4.78, 5) is 0. The number of anilines is 1. The Morgan fingerprint density at radius 3 is 2.74 bits per heavy atom. The summed E-state index contributed by atoms with van der Waals surface area (Å²) in [7, 11) is 0. The lowest BCUT2D eigenvalue weighted by Gasteiger charge is -2.17. The van der Waals surface area contributed by atoms with Gasteiger partial charge in [-0.3, -0.25) is 0 Å². The van der Waals surface area contributed by atoms with E-state index in [2.05, 4.69) is 37.4 Å². The zero-order valence-electron chi connectivity index (χ0n) is 12.0. The van der Waals surface area contributed by atoms with E-state index >= 15 is 0 Å². The summed E-state index contributed by atoms with van der Waals surface area (Å²) >= 11 is 0. The second-order valence-electron chi connectivity index (χ2n) is 5.59. The Labute approximate surface area is 116 Å². The highest BCUT2D eigenvalue weighted by molar-refractivity contribution is 5.51. The summed E-state index contributed by atoms with van der Waals surface area (Å²) in [6.07, 6.45) is 4.76. The number of hydrogen-bond acceptors (Lipinski definition) is 3. The maximum Gasteiger partial charge on any atom is 0.0945 e. The number of aryl methyl sites for hydroxylation is 2. The molecule has 1 aliphatic carbocycles. The van der Waals surface area contributed by atoms with Crippen LogP contribution in [0.25, 0.3) is 0 Å². The van der Waals surface area contributed by atoms with Crippen LogP contribution >= 0.6 is 0 Å². The fraction of sp³-hybridized carbons (Fsp3) is 0.625. The summed E-state index contributed by atoms with van der Waals surface area (Å²) in [6, 6.07) is 6.29. The number of aliphatic hydroxyl groups excluding tert-OH is 1. The van der Waals surface area contributed by atoms with Crippen molar-refractivity contribution < 1.29 is 9.84 Å². The summed E-state index contributed by atoms with van der Waals surface area (Å²) in [5.74, 6) is 0. The molecule has 1 aromatic carbocycles. The molecular formula is C16H25NO2. The minimum atomic E-state index is -0.443. The second-order valence-corrected chi connectivity index (χ2v) is 5.59. The first-order valence-electron chi connectivity index (χ1n) is 7.26. The van der Waals surface area contributed by atoms with E-state index in [9.17, 15) is 5.11 Å². The third kappa shape index (κ3) is 4.51. The Morgan fingerprint density at radius 1 is 1.32 bits per heavy atom. The van der Waals surface area contributed by atoms with Gasteiger partial charge in [-0.1, -0.05) is 30.5 Å². The molecule has 1 aromatic rings. The summed E-state index contributed by atoms with van der Waals surface area (Å²) in [5, 5.41) is 13.2. The van der Waals surface area contributed by atoms with E-state index in [1.807, 2.05) is 0 Å². The number of nitrogens with one attached hydrogen (secondary N) is 1. The first-order valence-corrected chi connectivity index (χ1v) is 7.26. The average molecular weight is 263 g/mol. The molecule has 0 heterocycles. The van der Waals surface area contributed by atoms with Crippen molar-refractivity contribution >= 4 is 5.69 Å². The van der Waals surface area contributed by atoms with Crippen LogP contribution < -0.4 is 5.32 Å². The van der Waals surface area contributed by atoms with Crippen LogP contribution in [-0.4, -0.2) is 30.5 Å². The molecule has 106 valence electrons. The minimum absolute atomic E-state index is 0.371. The number of rotatable bonds is 6. The fourth-order valence-corrected chi connectivity index (χ4v) is 2.60. The third-order valence-electron chi connectivity index (χ3n) is 3.74. The van der Waals surface area contributed by atoms with Crippen molar-refractivity contribution in [1.29, 1.82) is 0 Å². The summed E-state index contributed by atoms with van der Waals surface area (Å²) in [5.41, 5.74) is 3.56. The van der Waals surface area contributed by atoms with Crippen LogP contribution in [0, 0.1) is 13.8 Å². The number of hydrogen-bond donors (Lipinski definition) is 2. The SMILES string of the molecule is Cc1ccc(NCC(O)COC2CCCC2)c(C)c1. The van der Waals surface area contributed by atoms with Gasteiger partial charge in [0.15, 0.2) is 0 Å². The van der Waals surface area contributed by atoms with Crippen molar-refractivity contribution in [3.63, 3.8) is 0 Å². The molecule has 3 heteroatoms. The van der Waals surface area contributed by atoms with Crippen LogP contribution in [0.1, 0.15) is 36.8 Å². The van der Waals surface area contributed by atoms with Crippen molar-refractivity contribution in [3.8, 4) is 0 Å². The largest absolute Gasteiger partial charge is 0.389 e. The quantitative estimate of drug-likeness (QED) is 0.829. The molecule has 0 bridgehead atoms. The van der Waals surface area contributed by atoms with Crippen LogP contribution in [0.2, 0.25) is 0 Å². The molecule has 1 saturated carbocycles. The lowest BCUT2D eigenvalue weighted by atomic mass is 10.1. The molecule has 3 nitrogen and oxygen atoms in total. The Balaban J connectivity index is 1.71. The molecule has 1 atom stereocenters. The van der Waals surface area contributed by atoms with E-state index in [4.69, 9.17) is 4.74 Å². The molecular weight excluding hydrogens is 238 g/mol. The number of benzene rings is 1. The molecule has 1 unspecified atom stereocenters. The predicted molar refractivity (Wildman–Crippen MR) is 78.6 cm³/mol. The van der Waals surface area contributed by atoms with E-state index in [1.54, 1.807) is 0 Å². The zero-order valence-corrected chi connectivity index (χ0v) is 12.0. The lowest BCUT2D eigenvalue weighted by Crippen LogP contribution is -2.27. The van der Waals surface area contributed by atoms with E-state index in [0.717, 1.165) is 18.5 Å². The minimum Gasteiger partial charge on any atom is -0.389 e. The zero-order chi connectivity index (χ0) is 13.7. The van der Waals surface area contributed by atoms with Crippen molar-refractivity contribution in [1.82, 2.24) is 0 Å². The van der Waals surface area contributed by atoms with Gasteiger partial charge in [-0.15, -0.1) is 0 Å². The van der Waals surface area contributed by atoms with Gasteiger partial charge in [0.2, 0.25) is 0 Å². The van der Waals surface area contributed by atoms with Gasteiger partial charge in [-0.05, 0) is 38.3 Å². The van der Waals surface area contributed by atoms with Gasteiger partial charge >= 0.3 is 0 Å². The molecule has 0 radical (unpaired) electrons. The van der Waals surface area contributed by atoms with Crippen molar-refractivity contribution in [2.75, 3.05) is 18.5 Å². The predicted octanol–water partition coefficient (Wildman–Crippen LogP) is 3.04. The first kappa shape index (κ1) is 14.4. The van der Waals surface area contributed by atoms with Crippen molar-refractivity contribution in [2.45, 2.75) is 51.7 Å². The van der Waals surface area contributed by atoms with Gasteiger partial charge in [-0.2, -0.15) is 0 Å². The molecule has 0 amide bonds. The highest BCUT2D eigenvalue weighted by Crippen LogP contribution is 2.21. The van der Waals surface area contributed by atoms with Gasteiger partial charge in [0.25, 0.3) is 0 Å². The smallest absolute Gasteiger partial charge is 0.0945 e. The Morgan fingerprint density at radius 2 is 2.05 bits per heavy atom. The average Bonchev–Trinajstić information content (AvgIpc) is 2.88. The van der Waals surface area contributed by atoms with Crippen LogP contribution in [0.5, 0.6) is 0 Å². The summed E-state index contributed by atoms with van der Waals surface area (Å²) < 4.78 is 5.71. The molecule has 2 rings (SSSR count). The van der Waals surface area contributed by atoms with E-state index in [-0.39, 0.29) is 0 Å². The molecule has 0 spiro atoms. The Hall–Kier alpha value is -1.06. The second kappa shape index (κ2) is 6.92. The van der Waals surface area contributed by atoms with Gasteiger partial charge in [0, 0.05) is 12.2 Å². The van der Waals surface area contributed by atoms with Crippen LogP contribution in [0.4, 0.5) is 5.69 Å². The molecule has 0 aliphatic heterocycles. The maximum atomic E-state index is 9.93. The van der Waals surface area contributed by atoms with Gasteiger partial charge < -0.3 is 15.2 Å². The summed E-state index contributed by atoms with van der Waals surface area (Å²) in [6.45, 7) is 5.14. The Bertz CT molecular complexity index is 400. The van der Waals surface area contributed by atoms with Crippen LogP contribution in [0.15, 0.2) is 18.2 Å². The molecule has 0 aromatic heterocycles.